The van der Waals surface area contributed by atoms with Crippen LogP contribution in [0.25, 0.3) is 0 Å². The first kappa shape index (κ1) is 16.3. The summed E-state index contributed by atoms with van der Waals surface area (Å²) in [6.07, 6.45) is 6.34. The number of hydrogen-bond acceptors (Lipinski definition) is 5. The smallest absolute Gasteiger partial charge is 0.339 e. The Hall–Kier alpha value is -2.56. The van der Waals surface area contributed by atoms with E-state index in [0.29, 0.717) is 18.5 Å². The molecule has 0 aliphatic carbocycles. The molecule has 0 amide bonds. The Balaban J connectivity index is 1.78. The van der Waals surface area contributed by atoms with Gasteiger partial charge in [0.25, 0.3) is 0 Å². The summed E-state index contributed by atoms with van der Waals surface area (Å²) in [4.78, 5) is 26.5. The largest absolute Gasteiger partial charge is 0.465 e. The zero-order valence-electron chi connectivity index (χ0n) is 13.9. The lowest BCUT2D eigenvalue weighted by Gasteiger charge is -2.36. The van der Waals surface area contributed by atoms with Crippen molar-refractivity contribution in [2.75, 3.05) is 13.7 Å². The lowest BCUT2D eigenvalue weighted by atomic mass is 9.92. The van der Waals surface area contributed by atoms with Gasteiger partial charge in [0, 0.05) is 12.7 Å². The monoisotopic (exact) mass is 327 g/mol. The van der Waals surface area contributed by atoms with Crippen molar-refractivity contribution >= 4 is 11.9 Å². The molecular formula is C19H21NO4. The van der Waals surface area contributed by atoms with Gasteiger partial charge in [-0.15, -0.1) is 0 Å². The highest BCUT2D eigenvalue weighted by molar-refractivity contribution is 5.93. The average Bonchev–Trinajstić information content (AvgIpc) is 3.06. The summed E-state index contributed by atoms with van der Waals surface area (Å²) in [7, 11) is 1.35. The molecule has 0 aromatic heterocycles. The zero-order valence-corrected chi connectivity index (χ0v) is 13.9. The van der Waals surface area contributed by atoms with Gasteiger partial charge in [-0.05, 0) is 37.5 Å². The minimum absolute atomic E-state index is 0.284. The van der Waals surface area contributed by atoms with Gasteiger partial charge in [0.15, 0.2) is 5.54 Å². The minimum Gasteiger partial charge on any atom is -0.465 e. The van der Waals surface area contributed by atoms with Crippen LogP contribution in [0.3, 0.4) is 0 Å². The average molecular weight is 327 g/mol. The van der Waals surface area contributed by atoms with Gasteiger partial charge in [0.05, 0.1) is 12.7 Å². The molecular weight excluding hydrogens is 306 g/mol. The maximum atomic E-state index is 12.9. The number of esters is 2. The van der Waals surface area contributed by atoms with Crippen molar-refractivity contribution in [3.05, 3.63) is 59.8 Å². The van der Waals surface area contributed by atoms with Gasteiger partial charge in [0.2, 0.25) is 0 Å². The van der Waals surface area contributed by atoms with Crippen molar-refractivity contribution in [3.63, 3.8) is 0 Å². The summed E-state index contributed by atoms with van der Waals surface area (Å²) in [6, 6.07) is 9.65. The summed E-state index contributed by atoms with van der Waals surface area (Å²) >= 11 is 0. The molecule has 0 bridgehead atoms. The number of carbonyl (C=O) groups is 2. The predicted octanol–water partition coefficient (Wildman–Crippen LogP) is 2.75. The van der Waals surface area contributed by atoms with E-state index in [-0.39, 0.29) is 12.1 Å². The second kappa shape index (κ2) is 6.51. The van der Waals surface area contributed by atoms with Crippen molar-refractivity contribution in [1.29, 1.82) is 0 Å². The molecule has 1 aromatic carbocycles. The van der Waals surface area contributed by atoms with Gasteiger partial charge in [-0.1, -0.05) is 30.3 Å². The second-order valence-corrected chi connectivity index (χ2v) is 6.09. The lowest BCUT2D eigenvalue weighted by molar-refractivity contribution is -0.157. The van der Waals surface area contributed by atoms with Gasteiger partial charge in [-0.2, -0.15) is 0 Å². The fraction of sp³-hybridized carbons (Fsp3) is 0.368. The molecule has 0 saturated carbocycles. The van der Waals surface area contributed by atoms with E-state index in [0.717, 1.165) is 12.0 Å². The van der Waals surface area contributed by atoms with E-state index < -0.39 is 11.5 Å². The van der Waals surface area contributed by atoms with Crippen molar-refractivity contribution in [2.45, 2.75) is 31.4 Å². The number of benzene rings is 1. The number of hydrogen-bond donors (Lipinski definition) is 0. The van der Waals surface area contributed by atoms with Gasteiger partial charge in [-0.3, -0.25) is 0 Å². The Morgan fingerprint density at radius 3 is 2.71 bits per heavy atom. The zero-order chi connectivity index (χ0) is 17.2. The minimum atomic E-state index is -0.819. The van der Waals surface area contributed by atoms with Crippen molar-refractivity contribution in [3.8, 4) is 0 Å². The molecule has 2 aliphatic heterocycles. The lowest BCUT2D eigenvalue weighted by Crippen LogP contribution is -2.49. The Kier molecular flexibility index (Phi) is 4.42. The molecule has 1 aromatic rings. The summed E-state index contributed by atoms with van der Waals surface area (Å²) in [5.74, 6) is -0.689. The maximum Gasteiger partial charge on any atom is 0.339 e. The van der Waals surface area contributed by atoms with Crippen LogP contribution < -0.4 is 0 Å². The highest BCUT2D eigenvalue weighted by Crippen LogP contribution is 2.37. The van der Waals surface area contributed by atoms with Crippen LogP contribution in [0.4, 0.5) is 0 Å². The standard InChI is InChI=1S/C19H21NO4/c1-14(15-7-4-3-5-8-15)24-18(22)19-10-6-12-20(19)13-16(9-11-19)17(21)23-2/h3-5,7-9,11,13-14H,6,10,12H2,1-2H3/t14-,19+/m0/s1. The third-order valence-corrected chi connectivity index (χ3v) is 4.63. The Morgan fingerprint density at radius 2 is 2.00 bits per heavy atom. The SMILES string of the molecule is COC(=O)C1=CN2CCC[C@]2(C(=O)O[C@@H](C)c2ccccc2)C=C1. The Bertz CT molecular complexity index is 695. The fourth-order valence-electron chi connectivity index (χ4n) is 3.24. The highest BCUT2D eigenvalue weighted by atomic mass is 16.5. The van der Waals surface area contributed by atoms with Crippen LogP contribution >= 0.6 is 0 Å². The topological polar surface area (TPSA) is 55.8 Å². The maximum absolute atomic E-state index is 12.9. The predicted molar refractivity (Wildman–Crippen MR) is 88.9 cm³/mol. The van der Waals surface area contributed by atoms with E-state index in [4.69, 9.17) is 9.47 Å². The molecule has 126 valence electrons. The van der Waals surface area contributed by atoms with Crippen molar-refractivity contribution in [1.82, 2.24) is 4.90 Å². The summed E-state index contributed by atoms with van der Waals surface area (Å²) in [6.45, 7) is 2.57. The molecule has 2 aliphatic rings. The van der Waals surface area contributed by atoms with Crippen LogP contribution in [-0.2, 0) is 19.1 Å². The molecule has 5 nitrogen and oxygen atoms in total. The quantitative estimate of drug-likeness (QED) is 0.796. The molecule has 1 fully saturated rings. The molecule has 3 rings (SSSR count). The third kappa shape index (κ3) is 2.82. The number of ether oxygens (including phenoxy) is 2. The van der Waals surface area contributed by atoms with Crippen molar-refractivity contribution in [2.24, 2.45) is 0 Å². The number of rotatable bonds is 4. The van der Waals surface area contributed by atoms with Crippen LogP contribution in [0.15, 0.2) is 54.3 Å². The van der Waals surface area contributed by atoms with E-state index in [1.54, 1.807) is 18.4 Å². The second-order valence-electron chi connectivity index (χ2n) is 6.09. The van der Waals surface area contributed by atoms with Gasteiger partial charge >= 0.3 is 11.9 Å². The molecule has 0 N–H and O–H groups in total. The third-order valence-electron chi connectivity index (χ3n) is 4.63. The normalized spacial score (nSPS) is 23.2. The molecule has 0 unspecified atom stereocenters. The summed E-state index contributed by atoms with van der Waals surface area (Å²) < 4.78 is 10.5. The van der Waals surface area contributed by atoms with Crippen LogP contribution in [0, 0.1) is 0 Å². The number of carbonyl (C=O) groups excluding carboxylic acids is 2. The van der Waals surface area contributed by atoms with Crippen LogP contribution in [0.1, 0.15) is 31.4 Å². The first-order valence-corrected chi connectivity index (χ1v) is 8.09. The van der Waals surface area contributed by atoms with Gasteiger partial charge in [0.1, 0.15) is 6.10 Å². The summed E-state index contributed by atoms with van der Waals surface area (Å²) in [5, 5.41) is 0. The van der Waals surface area contributed by atoms with Crippen LogP contribution in [-0.4, -0.2) is 36.0 Å². The molecule has 5 heteroatoms. The fourth-order valence-corrected chi connectivity index (χ4v) is 3.24. The Morgan fingerprint density at radius 1 is 1.25 bits per heavy atom. The number of methoxy groups -OCH3 is 1. The van der Waals surface area contributed by atoms with E-state index in [1.807, 2.05) is 42.2 Å². The van der Waals surface area contributed by atoms with E-state index in [9.17, 15) is 9.59 Å². The summed E-state index contributed by atoms with van der Waals surface area (Å²) in [5.41, 5.74) is 0.580. The number of nitrogens with zero attached hydrogens (tertiary/aromatic N) is 1. The van der Waals surface area contributed by atoms with Gasteiger partial charge in [-0.25, -0.2) is 9.59 Å². The van der Waals surface area contributed by atoms with Gasteiger partial charge < -0.3 is 14.4 Å². The highest BCUT2D eigenvalue weighted by Gasteiger charge is 2.48. The molecule has 0 radical (unpaired) electrons. The van der Waals surface area contributed by atoms with Crippen LogP contribution in [0.5, 0.6) is 0 Å². The molecule has 24 heavy (non-hydrogen) atoms. The molecule has 1 saturated heterocycles. The first-order chi connectivity index (χ1) is 11.6. The Labute approximate surface area is 141 Å². The van der Waals surface area contributed by atoms with Crippen LogP contribution in [0.2, 0.25) is 0 Å². The van der Waals surface area contributed by atoms with Crippen molar-refractivity contribution < 1.29 is 19.1 Å². The molecule has 2 heterocycles. The van der Waals surface area contributed by atoms with E-state index in [1.165, 1.54) is 7.11 Å². The number of fused-ring (bicyclic) bond motifs is 1. The first-order valence-electron chi connectivity index (χ1n) is 8.09. The molecule has 0 spiro atoms. The molecule has 2 atom stereocenters. The van der Waals surface area contributed by atoms with E-state index in [2.05, 4.69) is 0 Å². The van der Waals surface area contributed by atoms with E-state index >= 15 is 0 Å².